The molecule has 3 N–H and O–H groups in total. The molecule has 0 unspecified atom stereocenters. The molecular weight excluding hydrogens is 218 g/mol. The summed E-state index contributed by atoms with van der Waals surface area (Å²) in [5.74, 6) is 0. The fourth-order valence-corrected chi connectivity index (χ4v) is 1.85. The van der Waals surface area contributed by atoms with Gasteiger partial charge in [-0.05, 0) is 6.07 Å². The van der Waals surface area contributed by atoms with Crippen molar-refractivity contribution in [2.24, 2.45) is 7.05 Å². The van der Waals surface area contributed by atoms with Crippen LogP contribution in [-0.2, 0) is 13.6 Å². The van der Waals surface area contributed by atoms with E-state index in [9.17, 15) is 0 Å². The molecule has 0 bridgehead atoms. The highest BCUT2D eigenvalue weighted by molar-refractivity contribution is 5.81. The van der Waals surface area contributed by atoms with E-state index in [0.717, 1.165) is 16.6 Å². The average Bonchev–Trinajstić information content (AvgIpc) is 2.69. The van der Waals surface area contributed by atoms with Crippen molar-refractivity contribution in [1.29, 1.82) is 0 Å². The molecule has 0 saturated carbocycles. The second-order valence-corrected chi connectivity index (χ2v) is 4.03. The van der Waals surface area contributed by atoms with Crippen molar-refractivity contribution in [2.75, 3.05) is 13.2 Å². The number of nitrogens with one attached hydrogen (secondary N) is 1. The highest BCUT2D eigenvalue weighted by atomic mass is 16.3. The summed E-state index contributed by atoms with van der Waals surface area (Å²) in [5.41, 5.74) is 2.00. The fraction of sp³-hybridized carbons (Fsp3) is 0.417. The topological polar surface area (TPSA) is 70.3 Å². The van der Waals surface area contributed by atoms with E-state index in [1.807, 2.05) is 36.0 Å². The predicted octanol–water partition coefficient (Wildman–Crippen LogP) is 0.0161. The van der Waals surface area contributed by atoms with Crippen LogP contribution in [0.15, 0.2) is 24.3 Å². The van der Waals surface area contributed by atoms with Gasteiger partial charge in [0.15, 0.2) is 0 Å². The summed E-state index contributed by atoms with van der Waals surface area (Å²) in [6.07, 6.45) is 0. The van der Waals surface area contributed by atoms with Crippen LogP contribution in [0.3, 0.4) is 0 Å². The molecule has 1 aromatic heterocycles. The lowest BCUT2D eigenvalue weighted by Crippen LogP contribution is -2.35. The van der Waals surface area contributed by atoms with Crippen molar-refractivity contribution in [3.63, 3.8) is 0 Å². The largest absolute Gasteiger partial charge is 0.395 e. The minimum Gasteiger partial charge on any atom is -0.395 e. The van der Waals surface area contributed by atoms with Gasteiger partial charge in [0.25, 0.3) is 0 Å². The lowest BCUT2D eigenvalue weighted by atomic mass is 10.2. The summed E-state index contributed by atoms with van der Waals surface area (Å²) in [4.78, 5) is 0. The van der Waals surface area contributed by atoms with E-state index in [2.05, 4.69) is 10.4 Å². The molecule has 0 aliphatic carbocycles. The summed E-state index contributed by atoms with van der Waals surface area (Å²) in [7, 11) is 1.90. The number of aryl methyl sites for hydroxylation is 1. The molecule has 0 radical (unpaired) electrons. The molecule has 92 valence electrons. The first-order chi connectivity index (χ1) is 8.26. The molecule has 5 nitrogen and oxygen atoms in total. The lowest BCUT2D eigenvalue weighted by Gasteiger charge is -2.11. The molecule has 0 atom stereocenters. The number of fused-ring (bicyclic) bond motifs is 1. The Balaban J connectivity index is 2.19. The third-order valence-electron chi connectivity index (χ3n) is 2.83. The number of aromatic nitrogens is 2. The lowest BCUT2D eigenvalue weighted by molar-refractivity contribution is 0.170. The Morgan fingerprint density at radius 2 is 2.00 bits per heavy atom. The quantitative estimate of drug-likeness (QED) is 0.683. The molecule has 0 saturated heterocycles. The van der Waals surface area contributed by atoms with E-state index in [-0.39, 0.29) is 19.3 Å². The Hall–Kier alpha value is -1.43. The van der Waals surface area contributed by atoms with E-state index in [1.54, 1.807) is 0 Å². The highest BCUT2D eigenvalue weighted by Crippen LogP contribution is 2.17. The summed E-state index contributed by atoms with van der Waals surface area (Å²) in [5, 5.41) is 26.5. The highest BCUT2D eigenvalue weighted by Gasteiger charge is 2.10. The molecule has 0 aliphatic heterocycles. The number of nitrogens with zero attached hydrogens (tertiary/aromatic N) is 2. The zero-order valence-corrected chi connectivity index (χ0v) is 9.80. The van der Waals surface area contributed by atoms with Crippen molar-refractivity contribution in [3.05, 3.63) is 30.0 Å². The molecule has 1 heterocycles. The van der Waals surface area contributed by atoms with Gasteiger partial charge < -0.3 is 15.5 Å². The van der Waals surface area contributed by atoms with Gasteiger partial charge >= 0.3 is 0 Å². The van der Waals surface area contributed by atoms with Crippen molar-refractivity contribution in [1.82, 2.24) is 15.1 Å². The van der Waals surface area contributed by atoms with Crippen molar-refractivity contribution in [2.45, 2.75) is 12.6 Å². The summed E-state index contributed by atoms with van der Waals surface area (Å²) >= 11 is 0. The maximum Gasteiger partial charge on any atom is 0.0841 e. The number of hydrogen-bond acceptors (Lipinski definition) is 4. The van der Waals surface area contributed by atoms with Crippen LogP contribution in [0.2, 0.25) is 0 Å². The number of rotatable bonds is 5. The molecule has 2 aromatic rings. The van der Waals surface area contributed by atoms with E-state index in [0.29, 0.717) is 6.54 Å². The standard InChI is InChI=1S/C12H17N3O2/c1-15-12-5-3-2-4-10(12)11(14-15)6-13-9(7-16)8-17/h2-5,9,13,16-17H,6-8H2,1H3. The number of aliphatic hydroxyl groups excluding tert-OH is 2. The zero-order chi connectivity index (χ0) is 12.3. The SMILES string of the molecule is Cn1nc(CNC(CO)CO)c2ccccc21. The predicted molar refractivity (Wildman–Crippen MR) is 65.5 cm³/mol. The van der Waals surface area contributed by atoms with Gasteiger partial charge in [-0.2, -0.15) is 5.10 Å². The average molecular weight is 235 g/mol. The van der Waals surface area contributed by atoms with Gasteiger partial charge in [-0.15, -0.1) is 0 Å². The van der Waals surface area contributed by atoms with Crippen molar-refractivity contribution >= 4 is 10.9 Å². The van der Waals surface area contributed by atoms with E-state index >= 15 is 0 Å². The zero-order valence-electron chi connectivity index (χ0n) is 9.80. The number of benzene rings is 1. The Labute approximate surface area is 99.7 Å². The van der Waals surface area contributed by atoms with Crippen LogP contribution in [0.5, 0.6) is 0 Å². The first-order valence-electron chi connectivity index (χ1n) is 5.62. The Morgan fingerprint density at radius 3 is 2.71 bits per heavy atom. The second kappa shape index (κ2) is 5.27. The molecule has 0 aliphatic rings. The molecule has 17 heavy (non-hydrogen) atoms. The third-order valence-corrected chi connectivity index (χ3v) is 2.83. The molecule has 0 fully saturated rings. The third kappa shape index (κ3) is 2.46. The summed E-state index contributed by atoms with van der Waals surface area (Å²) in [6, 6.07) is 7.69. The van der Waals surface area contributed by atoms with Gasteiger partial charge in [0.2, 0.25) is 0 Å². The Bertz CT molecular complexity index is 491. The van der Waals surface area contributed by atoms with E-state index in [4.69, 9.17) is 10.2 Å². The van der Waals surface area contributed by atoms with Gasteiger partial charge in [-0.25, -0.2) is 0 Å². The number of aliphatic hydroxyl groups is 2. The van der Waals surface area contributed by atoms with Crippen molar-refractivity contribution < 1.29 is 10.2 Å². The normalized spacial score (nSPS) is 11.5. The van der Waals surface area contributed by atoms with Gasteiger partial charge in [-0.3, -0.25) is 4.68 Å². The van der Waals surface area contributed by atoms with Crippen LogP contribution in [0.4, 0.5) is 0 Å². The van der Waals surface area contributed by atoms with Crippen LogP contribution >= 0.6 is 0 Å². The molecule has 5 heteroatoms. The number of hydrogen-bond donors (Lipinski definition) is 3. The van der Waals surface area contributed by atoms with Gasteiger partial charge in [-0.1, -0.05) is 18.2 Å². The van der Waals surface area contributed by atoms with Crippen LogP contribution in [0, 0.1) is 0 Å². The van der Waals surface area contributed by atoms with Crippen LogP contribution in [0.25, 0.3) is 10.9 Å². The minimum absolute atomic E-state index is 0.0821. The van der Waals surface area contributed by atoms with Crippen molar-refractivity contribution in [3.8, 4) is 0 Å². The molecule has 0 spiro atoms. The molecule has 0 amide bonds. The van der Waals surface area contributed by atoms with Crippen LogP contribution < -0.4 is 5.32 Å². The maximum atomic E-state index is 8.97. The Morgan fingerprint density at radius 1 is 1.29 bits per heavy atom. The first-order valence-corrected chi connectivity index (χ1v) is 5.62. The monoisotopic (exact) mass is 235 g/mol. The van der Waals surface area contributed by atoms with Gasteiger partial charge in [0.05, 0.1) is 30.5 Å². The first kappa shape index (κ1) is 12.0. The molecule has 1 aromatic carbocycles. The maximum absolute atomic E-state index is 8.97. The van der Waals surface area contributed by atoms with E-state index in [1.165, 1.54) is 0 Å². The van der Waals surface area contributed by atoms with Crippen LogP contribution in [-0.4, -0.2) is 39.2 Å². The van der Waals surface area contributed by atoms with E-state index < -0.39 is 0 Å². The van der Waals surface area contributed by atoms with Gasteiger partial charge in [0.1, 0.15) is 0 Å². The second-order valence-electron chi connectivity index (χ2n) is 4.03. The van der Waals surface area contributed by atoms with Gasteiger partial charge in [0, 0.05) is 19.0 Å². The Kier molecular flexibility index (Phi) is 3.73. The smallest absolute Gasteiger partial charge is 0.0841 e. The summed E-state index contributed by atoms with van der Waals surface area (Å²) < 4.78 is 1.83. The van der Waals surface area contributed by atoms with Crippen LogP contribution in [0.1, 0.15) is 5.69 Å². The summed E-state index contributed by atoms with van der Waals surface area (Å²) in [6.45, 7) is 0.371. The fourth-order valence-electron chi connectivity index (χ4n) is 1.85. The molecule has 2 rings (SSSR count). The minimum atomic E-state index is -0.296. The number of para-hydroxylation sites is 1. The molecular formula is C12H17N3O2.